The molecule has 21 heavy (non-hydrogen) atoms. The van der Waals surface area contributed by atoms with E-state index >= 15 is 0 Å². The number of amides is 1. The molecule has 0 aliphatic heterocycles. The maximum absolute atomic E-state index is 11.9. The minimum atomic E-state index is 0.0538. The van der Waals surface area contributed by atoms with Crippen LogP contribution in [0.1, 0.15) is 10.4 Å². The first-order valence-corrected chi connectivity index (χ1v) is 8.58. The van der Waals surface area contributed by atoms with Gasteiger partial charge in [0.2, 0.25) is 0 Å². The van der Waals surface area contributed by atoms with E-state index in [4.69, 9.17) is 11.6 Å². The Morgan fingerprint density at radius 1 is 1.29 bits per heavy atom. The van der Waals surface area contributed by atoms with Gasteiger partial charge in [-0.05, 0) is 45.8 Å². The normalized spacial score (nSPS) is 12.1. The van der Waals surface area contributed by atoms with E-state index in [1.54, 1.807) is 11.3 Å². The molecule has 2 N–H and O–H groups in total. The highest BCUT2D eigenvalue weighted by molar-refractivity contribution is 9.11. The predicted molar refractivity (Wildman–Crippen MR) is 90.8 cm³/mol. The fourth-order valence-electron chi connectivity index (χ4n) is 1.95. The molecule has 0 saturated heterocycles. The Kier molecular flexibility index (Phi) is 6.23. The monoisotopic (exact) mass is 387 g/mol. The quantitative estimate of drug-likeness (QED) is 0.783. The number of carbonyl (C=O) groups excluding carboxylic acids is 1. The zero-order chi connectivity index (χ0) is 15.2. The van der Waals surface area contributed by atoms with Crippen LogP contribution in [-0.2, 0) is 17.9 Å². The summed E-state index contributed by atoms with van der Waals surface area (Å²) >= 11 is 11.0. The Morgan fingerprint density at radius 3 is 2.62 bits per heavy atom. The maximum Gasteiger partial charge on any atom is 0.275 e. The van der Waals surface area contributed by atoms with Crippen molar-refractivity contribution in [3.63, 3.8) is 0 Å². The number of nitrogens with one attached hydrogen (secondary N) is 2. The van der Waals surface area contributed by atoms with Crippen molar-refractivity contribution in [2.24, 2.45) is 0 Å². The highest BCUT2D eigenvalue weighted by Gasteiger charge is 2.11. The molecule has 1 unspecified atom stereocenters. The number of carbonyl (C=O) groups is 1. The Balaban J connectivity index is 1.74. The second kappa shape index (κ2) is 7.94. The van der Waals surface area contributed by atoms with Gasteiger partial charge in [-0.3, -0.25) is 4.79 Å². The molecule has 1 aromatic carbocycles. The molecule has 2 rings (SSSR count). The number of thiophene rings is 1. The van der Waals surface area contributed by atoms with Gasteiger partial charge in [0.25, 0.3) is 5.91 Å². The van der Waals surface area contributed by atoms with Crippen molar-refractivity contribution in [1.82, 2.24) is 5.32 Å². The van der Waals surface area contributed by atoms with Gasteiger partial charge in [-0.1, -0.05) is 23.7 Å². The smallest absolute Gasteiger partial charge is 0.275 e. The Morgan fingerprint density at radius 2 is 2.00 bits per heavy atom. The summed E-state index contributed by atoms with van der Waals surface area (Å²) in [5, 5.41) is 3.64. The summed E-state index contributed by atoms with van der Waals surface area (Å²) < 4.78 is 1.12. The molecule has 1 heterocycles. The first kappa shape index (κ1) is 16.5. The van der Waals surface area contributed by atoms with Crippen molar-refractivity contribution >= 4 is 44.8 Å². The molecular formula is C15H17BrClN2OS+. The zero-order valence-electron chi connectivity index (χ0n) is 11.7. The number of quaternary nitrogens is 1. The summed E-state index contributed by atoms with van der Waals surface area (Å²) in [4.78, 5) is 14.4. The highest BCUT2D eigenvalue weighted by atomic mass is 79.9. The second-order valence-electron chi connectivity index (χ2n) is 4.92. The summed E-state index contributed by atoms with van der Waals surface area (Å²) in [6, 6.07) is 11.6. The third-order valence-corrected chi connectivity index (χ3v) is 4.85. The first-order valence-electron chi connectivity index (χ1n) is 6.59. The number of hydrogen-bond acceptors (Lipinski definition) is 2. The summed E-state index contributed by atoms with van der Waals surface area (Å²) in [7, 11) is 2.02. The molecule has 1 amide bonds. The molecule has 6 heteroatoms. The van der Waals surface area contributed by atoms with Crippen LogP contribution in [0.5, 0.6) is 0 Å². The van der Waals surface area contributed by atoms with Gasteiger partial charge in [-0.15, -0.1) is 11.3 Å². The lowest BCUT2D eigenvalue weighted by atomic mass is 10.2. The lowest BCUT2D eigenvalue weighted by molar-refractivity contribution is -0.885. The molecule has 3 nitrogen and oxygen atoms in total. The third kappa shape index (κ3) is 5.79. The van der Waals surface area contributed by atoms with Crippen LogP contribution in [0.3, 0.4) is 0 Å². The summed E-state index contributed by atoms with van der Waals surface area (Å²) in [6.45, 7) is 1.85. The number of halogens is 2. The van der Waals surface area contributed by atoms with Crippen LogP contribution < -0.4 is 10.2 Å². The van der Waals surface area contributed by atoms with Gasteiger partial charge in [0.1, 0.15) is 6.54 Å². The van der Waals surface area contributed by atoms with Gasteiger partial charge in [0.15, 0.2) is 6.54 Å². The van der Waals surface area contributed by atoms with Crippen LogP contribution in [0, 0.1) is 0 Å². The van der Waals surface area contributed by atoms with Crippen LogP contribution in [0.2, 0.25) is 5.02 Å². The zero-order valence-corrected chi connectivity index (χ0v) is 14.8. The topological polar surface area (TPSA) is 33.5 Å². The molecule has 0 saturated carbocycles. The SMILES string of the molecule is C[NH+](CC(=O)NCc1ccc(Cl)cc1)Cc1ccc(Br)s1. The first-order chi connectivity index (χ1) is 10.0. The summed E-state index contributed by atoms with van der Waals surface area (Å²) in [6.07, 6.45) is 0. The average molecular weight is 389 g/mol. The Labute approximate surface area is 142 Å². The van der Waals surface area contributed by atoms with E-state index in [-0.39, 0.29) is 5.91 Å². The Bertz CT molecular complexity index is 600. The van der Waals surface area contributed by atoms with E-state index in [0.29, 0.717) is 18.1 Å². The van der Waals surface area contributed by atoms with Gasteiger partial charge >= 0.3 is 0 Å². The molecule has 0 radical (unpaired) electrons. The summed E-state index contributed by atoms with van der Waals surface area (Å²) in [5.74, 6) is 0.0538. The number of likely N-dealkylation sites (N-methyl/N-ethyl adjacent to an activating group) is 1. The molecule has 0 aliphatic rings. The molecule has 0 spiro atoms. The van der Waals surface area contributed by atoms with Gasteiger partial charge in [0, 0.05) is 11.6 Å². The number of rotatable bonds is 6. The van der Waals surface area contributed by atoms with Crippen LogP contribution in [0.25, 0.3) is 0 Å². The van der Waals surface area contributed by atoms with E-state index in [9.17, 15) is 4.79 Å². The van der Waals surface area contributed by atoms with Crippen molar-refractivity contribution in [2.45, 2.75) is 13.1 Å². The lowest BCUT2D eigenvalue weighted by Crippen LogP contribution is -3.08. The van der Waals surface area contributed by atoms with Crippen molar-refractivity contribution in [3.8, 4) is 0 Å². The van der Waals surface area contributed by atoms with Crippen molar-refractivity contribution in [2.75, 3.05) is 13.6 Å². The van der Waals surface area contributed by atoms with Crippen molar-refractivity contribution < 1.29 is 9.69 Å². The van der Waals surface area contributed by atoms with Gasteiger partial charge in [0.05, 0.1) is 15.7 Å². The second-order valence-corrected chi connectivity index (χ2v) is 7.90. The van der Waals surface area contributed by atoms with E-state index in [2.05, 4.69) is 27.3 Å². The van der Waals surface area contributed by atoms with E-state index < -0.39 is 0 Å². The van der Waals surface area contributed by atoms with Crippen molar-refractivity contribution in [3.05, 3.63) is 55.6 Å². The Hall–Kier alpha value is -0.880. The van der Waals surface area contributed by atoms with Crippen LogP contribution >= 0.6 is 38.9 Å². The van der Waals surface area contributed by atoms with Crippen LogP contribution in [-0.4, -0.2) is 19.5 Å². The average Bonchev–Trinajstić information content (AvgIpc) is 2.83. The van der Waals surface area contributed by atoms with E-state index in [0.717, 1.165) is 20.8 Å². The standard InChI is InChI=1S/C15H16BrClN2OS/c1-19(9-13-6-7-14(16)21-13)10-15(20)18-8-11-2-4-12(17)5-3-11/h2-7H,8-10H2,1H3,(H,18,20)/p+1. The molecule has 0 fully saturated rings. The molecule has 1 atom stereocenters. The minimum Gasteiger partial charge on any atom is -0.347 e. The highest BCUT2D eigenvalue weighted by Crippen LogP contribution is 2.21. The minimum absolute atomic E-state index is 0.0538. The molecule has 112 valence electrons. The van der Waals surface area contributed by atoms with Gasteiger partial charge in [-0.2, -0.15) is 0 Å². The molecule has 1 aromatic heterocycles. The van der Waals surface area contributed by atoms with E-state index in [1.165, 1.54) is 4.88 Å². The lowest BCUT2D eigenvalue weighted by Gasteiger charge is -2.13. The number of hydrogen-bond donors (Lipinski definition) is 2. The van der Waals surface area contributed by atoms with Gasteiger partial charge < -0.3 is 10.2 Å². The molecular weight excluding hydrogens is 372 g/mol. The van der Waals surface area contributed by atoms with Crippen LogP contribution in [0.4, 0.5) is 0 Å². The van der Waals surface area contributed by atoms with Crippen LogP contribution in [0.15, 0.2) is 40.2 Å². The predicted octanol–water partition coefficient (Wildman–Crippen LogP) is 2.50. The molecule has 2 aromatic rings. The molecule has 0 aliphatic carbocycles. The van der Waals surface area contributed by atoms with E-state index in [1.807, 2.05) is 37.4 Å². The largest absolute Gasteiger partial charge is 0.347 e. The number of benzene rings is 1. The van der Waals surface area contributed by atoms with Gasteiger partial charge in [-0.25, -0.2) is 0 Å². The third-order valence-electron chi connectivity index (χ3n) is 2.97. The fourth-order valence-corrected chi connectivity index (χ4v) is 3.67. The summed E-state index contributed by atoms with van der Waals surface area (Å²) in [5.41, 5.74) is 1.05. The molecule has 0 bridgehead atoms. The maximum atomic E-state index is 11.9. The fraction of sp³-hybridized carbons (Fsp3) is 0.267. The van der Waals surface area contributed by atoms with Crippen molar-refractivity contribution in [1.29, 1.82) is 0 Å².